The predicted molar refractivity (Wildman–Crippen MR) is 165 cm³/mol. The maximum atomic E-state index is 13.4. The van der Waals surface area contributed by atoms with E-state index in [1.54, 1.807) is 31.3 Å². The average Bonchev–Trinajstić information content (AvgIpc) is 3.00. The third-order valence-electron chi connectivity index (χ3n) is 7.05. The lowest BCUT2D eigenvalue weighted by Gasteiger charge is -2.28. The van der Waals surface area contributed by atoms with E-state index < -0.39 is 42.5 Å². The highest BCUT2D eigenvalue weighted by atomic mass is 16.3. The second kappa shape index (κ2) is 14.8. The van der Waals surface area contributed by atoms with Crippen LogP contribution in [0.3, 0.4) is 0 Å². The molecule has 4 aromatic carbocycles. The van der Waals surface area contributed by atoms with E-state index in [0.717, 1.165) is 21.9 Å². The number of rotatable bonds is 13. The van der Waals surface area contributed by atoms with Gasteiger partial charge in [-0.05, 0) is 46.5 Å². The first-order valence-electron chi connectivity index (χ1n) is 13.9. The molecule has 0 saturated carbocycles. The Labute approximate surface area is 245 Å². The van der Waals surface area contributed by atoms with Crippen LogP contribution in [0.4, 0.5) is 10.5 Å². The lowest BCUT2D eigenvalue weighted by atomic mass is 10.00. The number of aliphatic hydroxyl groups excluding tert-OH is 1. The summed E-state index contributed by atoms with van der Waals surface area (Å²) >= 11 is 0. The SMILES string of the molecule is CN(C(=O)NC(CC(N)=O)C(=O)NC(Cc1ccccc1)C(O)CNCc1ccc2ccccc2c1)c1ccccc1. The molecule has 3 atom stereocenters. The molecule has 218 valence electrons. The Balaban J connectivity index is 1.43. The van der Waals surface area contributed by atoms with Crippen molar-refractivity contribution >= 4 is 34.3 Å². The monoisotopic (exact) mass is 567 g/mol. The van der Waals surface area contributed by atoms with Crippen LogP contribution in [0.1, 0.15) is 17.5 Å². The van der Waals surface area contributed by atoms with Crippen molar-refractivity contribution in [3.8, 4) is 0 Å². The first kappa shape index (κ1) is 30.2. The van der Waals surface area contributed by atoms with Crippen molar-refractivity contribution in [3.63, 3.8) is 0 Å². The summed E-state index contributed by atoms with van der Waals surface area (Å²) < 4.78 is 0. The number of fused-ring (bicyclic) bond motifs is 1. The fourth-order valence-corrected chi connectivity index (χ4v) is 4.72. The van der Waals surface area contributed by atoms with Gasteiger partial charge in [0, 0.05) is 25.8 Å². The molecule has 0 aliphatic rings. The van der Waals surface area contributed by atoms with Crippen LogP contribution < -0.4 is 26.6 Å². The number of benzene rings is 4. The summed E-state index contributed by atoms with van der Waals surface area (Å²) in [4.78, 5) is 39.5. The Bertz CT molecular complexity index is 1480. The topological polar surface area (TPSA) is 137 Å². The van der Waals surface area contributed by atoms with Gasteiger partial charge in [-0.1, -0.05) is 84.9 Å². The van der Waals surface area contributed by atoms with Gasteiger partial charge in [0.15, 0.2) is 0 Å². The minimum atomic E-state index is -1.22. The Kier molecular flexibility index (Phi) is 10.6. The number of aliphatic hydroxyl groups is 1. The second-order valence-electron chi connectivity index (χ2n) is 10.3. The molecule has 0 aromatic heterocycles. The first-order chi connectivity index (χ1) is 20.3. The van der Waals surface area contributed by atoms with Crippen molar-refractivity contribution in [2.45, 2.75) is 37.6 Å². The standard InChI is InChI=1S/C33H37N5O4/c1-38(27-14-6-3-7-15-27)33(42)37-29(20-31(34)40)32(41)36-28(19-23-10-4-2-5-11-23)30(39)22-35-21-24-16-17-25-12-8-9-13-26(25)18-24/h2-18,28-30,35,39H,19-22H2,1H3,(H2,34,40)(H,36,41)(H,37,42). The molecule has 0 bridgehead atoms. The number of anilines is 1. The van der Waals surface area contributed by atoms with Gasteiger partial charge in [-0.2, -0.15) is 0 Å². The van der Waals surface area contributed by atoms with E-state index in [9.17, 15) is 19.5 Å². The zero-order valence-corrected chi connectivity index (χ0v) is 23.6. The van der Waals surface area contributed by atoms with Gasteiger partial charge in [0.1, 0.15) is 6.04 Å². The number of primary amides is 1. The number of nitrogens with zero attached hydrogens (tertiary/aromatic N) is 1. The number of para-hydroxylation sites is 1. The van der Waals surface area contributed by atoms with Crippen molar-refractivity contribution in [1.82, 2.24) is 16.0 Å². The number of carbonyl (C=O) groups is 3. The molecule has 42 heavy (non-hydrogen) atoms. The first-order valence-corrected chi connectivity index (χ1v) is 13.9. The van der Waals surface area contributed by atoms with E-state index in [1.807, 2.05) is 54.6 Å². The molecule has 6 N–H and O–H groups in total. The summed E-state index contributed by atoms with van der Waals surface area (Å²) in [5.41, 5.74) is 8.01. The van der Waals surface area contributed by atoms with Gasteiger partial charge in [-0.15, -0.1) is 0 Å². The van der Waals surface area contributed by atoms with Gasteiger partial charge >= 0.3 is 6.03 Å². The maximum Gasteiger partial charge on any atom is 0.322 e. The molecule has 0 radical (unpaired) electrons. The molecule has 9 nitrogen and oxygen atoms in total. The molecule has 4 rings (SSSR count). The lowest BCUT2D eigenvalue weighted by molar-refractivity contribution is -0.128. The van der Waals surface area contributed by atoms with Gasteiger partial charge in [0.2, 0.25) is 11.8 Å². The highest BCUT2D eigenvalue weighted by Gasteiger charge is 2.29. The van der Waals surface area contributed by atoms with Crippen molar-refractivity contribution in [2.24, 2.45) is 5.73 Å². The van der Waals surface area contributed by atoms with Crippen LogP contribution in [0.2, 0.25) is 0 Å². The minimum Gasteiger partial charge on any atom is -0.390 e. The molecule has 0 saturated heterocycles. The molecule has 0 spiro atoms. The Morgan fingerprint density at radius 1 is 0.810 bits per heavy atom. The summed E-state index contributed by atoms with van der Waals surface area (Å²) in [6, 6.07) is 30.2. The zero-order valence-electron chi connectivity index (χ0n) is 23.6. The molecule has 9 heteroatoms. The van der Waals surface area contributed by atoms with Crippen LogP contribution in [0.15, 0.2) is 103 Å². The van der Waals surface area contributed by atoms with Crippen LogP contribution >= 0.6 is 0 Å². The molecule has 0 heterocycles. The number of urea groups is 1. The van der Waals surface area contributed by atoms with E-state index in [4.69, 9.17) is 5.73 Å². The van der Waals surface area contributed by atoms with Gasteiger partial charge in [0.05, 0.1) is 18.6 Å². The molecule has 0 aliphatic heterocycles. The van der Waals surface area contributed by atoms with Gasteiger partial charge in [-0.25, -0.2) is 4.79 Å². The summed E-state index contributed by atoms with van der Waals surface area (Å²) in [7, 11) is 1.56. The largest absolute Gasteiger partial charge is 0.390 e. The van der Waals surface area contributed by atoms with Crippen molar-refractivity contribution in [1.29, 1.82) is 0 Å². The molecule has 0 aliphatic carbocycles. The highest BCUT2D eigenvalue weighted by molar-refractivity contribution is 5.97. The summed E-state index contributed by atoms with van der Waals surface area (Å²) in [6.45, 7) is 0.730. The number of nitrogens with two attached hydrogens (primary N) is 1. The Hall–Kier alpha value is -4.73. The van der Waals surface area contributed by atoms with Gasteiger partial charge < -0.3 is 26.8 Å². The van der Waals surface area contributed by atoms with E-state index in [1.165, 1.54) is 4.90 Å². The molecular formula is C33H37N5O4. The third-order valence-corrected chi connectivity index (χ3v) is 7.05. The summed E-state index contributed by atoms with van der Waals surface area (Å²) in [6.07, 6.45) is -1.02. The second-order valence-corrected chi connectivity index (χ2v) is 10.3. The van der Waals surface area contributed by atoms with E-state index >= 15 is 0 Å². The normalized spacial score (nSPS) is 13.1. The van der Waals surface area contributed by atoms with Crippen LogP contribution in [0.25, 0.3) is 10.8 Å². The van der Waals surface area contributed by atoms with Crippen molar-refractivity contribution in [2.75, 3.05) is 18.5 Å². The fourth-order valence-electron chi connectivity index (χ4n) is 4.72. The van der Waals surface area contributed by atoms with E-state index in [2.05, 4.69) is 40.2 Å². The minimum absolute atomic E-state index is 0.203. The maximum absolute atomic E-state index is 13.4. The van der Waals surface area contributed by atoms with Gasteiger partial charge in [-0.3, -0.25) is 14.5 Å². The number of nitrogens with one attached hydrogen (secondary N) is 3. The molecule has 4 amide bonds. The van der Waals surface area contributed by atoms with Crippen molar-refractivity contribution in [3.05, 3.63) is 114 Å². The average molecular weight is 568 g/mol. The van der Waals surface area contributed by atoms with Gasteiger partial charge in [0.25, 0.3) is 0 Å². The highest BCUT2D eigenvalue weighted by Crippen LogP contribution is 2.16. The molecular weight excluding hydrogens is 530 g/mol. The summed E-state index contributed by atoms with van der Waals surface area (Å²) in [5, 5.41) is 22.2. The lowest BCUT2D eigenvalue weighted by Crippen LogP contribution is -2.56. The number of carbonyl (C=O) groups excluding carboxylic acids is 3. The fraction of sp³-hybridized carbons (Fsp3) is 0.242. The quantitative estimate of drug-likeness (QED) is 0.169. The Morgan fingerprint density at radius 2 is 1.45 bits per heavy atom. The van der Waals surface area contributed by atoms with Crippen LogP contribution in [-0.2, 0) is 22.6 Å². The Morgan fingerprint density at radius 3 is 2.14 bits per heavy atom. The number of hydrogen-bond acceptors (Lipinski definition) is 5. The number of amides is 4. The van der Waals surface area contributed by atoms with E-state index in [-0.39, 0.29) is 6.54 Å². The van der Waals surface area contributed by atoms with E-state index in [0.29, 0.717) is 18.7 Å². The summed E-state index contributed by atoms with van der Waals surface area (Å²) in [5.74, 6) is -1.35. The molecule has 0 fully saturated rings. The third kappa shape index (κ3) is 8.63. The van der Waals surface area contributed by atoms with Crippen LogP contribution in [0, 0.1) is 0 Å². The molecule has 4 aromatic rings. The molecule has 3 unspecified atom stereocenters. The predicted octanol–water partition coefficient (Wildman–Crippen LogP) is 3.11. The number of hydrogen-bond donors (Lipinski definition) is 5. The van der Waals surface area contributed by atoms with Crippen molar-refractivity contribution < 1.29 is 19.5 Å². The smallest absolute Gasteiger partial charge is 0.322 e. The zero-order chi connectivity index (χ0) is 29.9. The van der Waals surface area contributed by atoms with Crippen LogP contribution in [-0.4, -0.2) is 54.7 Å². The van der Waals surface area contributed by atoms with Crippen LogP contribution in [0.5, 0.6) is 0 Å².